The molecule has 0 atom stereocenters. The van der Waals surface area contributed by atoms with Crippen LogP contribution in [0.25, 0.3) is 0 Å². The first-order valence-electron chi connectivity index (χ1n) is 9.94. The van der Waals surface area contributed by atoms with Crippen LogP contribution in [0.4, 0.5) is 24.5 Å². The number of carbonyl (C=O) groups excluding carboxylic acids is 1. The van der Waals surface area contributed by atoms with Crippen molar-refractivity contribution in [2.75, 3.05) is 55.4 Å². The number of halogens is 3. The predicted molar refractivity (Wildman–Crippen MR) is 107 cm³/mol. The Balaban J connectivity index is 1.76. The largest absolute Gasteiger partial charge is 0.416 e. The third kappa shape index (κ3) is 5.25. The van der Waals surface area contributed by atoms with Gasteiger partial charge in [-0.15, -0.1) is 0 Å². The van der Waals surface area contributed by atoms with Crippen LogP contribution in [0.3, 0.4) is 0 Å². The number of carbonyl (C=O) groups is 1. The molecule has 2 aliphatic heterocycles. The molecular formula is C19H26F3N3O4S. The van der Waals surface area contributed by atoms with Gasteiger partial charge < -0.3 is 15.0 Å². The van der Waals surface area contributed by atoms with E-state index in [0.717, 1.165) is 12.1 Å². The van der Waals surface area contributed by atoms with E-state index in [1.807, 2.05) is 4.90 Å². The van der Waals surface area contributed by atoms with Crippen molar-refractivity contribution in [3.63, 3.8) is 0 Å². The van der Waals surface area contributed by atoms with Crippen LogP contribution >= 0.6 is 0 Å². The number of morpholine rings is 1. The maximum Gasteiger partial charge on any atom is 0.416 e. The maximum absolute atomic E-state index is 13.2. The van der Waals surface area contributed by atoms with Crippen LogP contribution in [0, 0.1) is 5.92 Å². The number of alkyl halides is 3. The quantitative estimate of drug-likeness (QED) is 0.748. The normalized spacial score (nSPS) is 19.7. The Morgan fingerprint density at radius 3 is 2.37 bits per heavy atom. The van der Waals surface area contributed by atoms with E-state index in [-0.39, 0.29) is 24.5 Å². The van der Waals surface area contributed by atoms with Gasteiger partial charge in [-0.2, -0.15) is 13.2 Å². The zero-order valence-electron chi connectivity index (χ0n) is 16.7. The van der Waals surface area contributed by atoms with Crippen LogP contribution in [0.1, 0.15) is 25.3 Å². The molecule has 1 aromatic rings. The number of benzene rings is 1. The minimum absolute atomic E-state index is 0.00297. The fourth-order valence-electron chi connectivity index (χ4n) is 3.71. The number of amides is 1. The van der Waals surface area contributed by atoms with Gasteiger partial charge in [0.05, 0.1) is 35.9 Å². The molecule has 11 heteroatoms. The zero-order chi connectivity index (χ0) is 21.9. The molecule has 2 heterocycles. The summed E-state index contributed by atoms with van der Waals surface area (Å²) in [5.74, 6) is -0.852. The van der Waals surface area contributed by atoms with Gasteiger partial charge in [-0.05, 0) is 38.0 Å². The van der Waals surface area contributed by atoms with Crippen molar-refractivity contribution in [1.29, 1.82) is 0 Å². The van der Waals surface area contributed by atoms with Crippen LogP contribution in [-0.2, 0) is 25.7 Å². The fourth-order valence-corrected chi connectivity index (χ4v) is 4.84. The predicted octanol–water partition coefficient (Wildman–Crippen LogP) is 2.54. The van der Waals surface area contributed by atoms with E-state index in [0.29, 0.717) is 44.8 Å². The minimum Gasteiger partial charge on any atom is -0.378 e. The van der Waals surface area contributed by atoms with E-state index < -0.39 is 33.6 Å². The van der Waals surface area contributed by atoms with Crippen molar-refractivity contribution in [1.82, 2.24) is 4.31 Å². The number of sulfonamides is 1. The lowest BCUT2D eigenvalue weighted by Crippen LogP contribution is -2.42. The Hall–Kier alpha value is -1.85. The molecule has 3 rings (SSSR count). The molecule has 2 fully saturated rings. The molecule has 0 bridgehead atoms. The van der Waals surface area contributed by atoms with E-state index in [4.69, 9.17) is 4.74 Å². The first-order chi connectivity index (χ1) is 14.1. The molecular weight excluding hydrogens is 423 g/mol. The average Bonchev–Trinajstić information content (AvgIpc) is 2.73. The van der Waals surface area contributed by atoms with Crippen molar-refractivity contribution in [3.05, 3.63) is 23.8 Å². The van der Waals surface area contributed by atoms with Crippen molar-refractivity contribution in [2.45, 2.75) is 25.9 Å². The van der Waals surface area contributed by atoms with Gasteiger partial charge in [0.15, 0.2) is 0 Å². The summed E-state index contributed by atoms with van der Waals surface area (Å²) in [4.78, 5) is 14.7. The number of nitrogens with zero attached hydrogens (tertiary/aromatic N) is 2. The third-order valence-corrected chi connectivity index (χ3v) is 7.40. The average molecular weight is 449 g/mol. The summed E-state index contributed by atoms with van der Waals surface area (Å²) in [6, 6.07) is 3.34. The van der Waals surface area contributed by atoms with Gasteiger partial charge in [-0.1, -0.05) is 0 Å². The second-order valence-corrected chi connectivity index (χ2v) is 9.65. The summed E-state index contributed by atoms with van der Waals surface area (Å²) in [5, 5.41) is 2.67. The van der Waals surface area contributed by atoms with Gasteiger partial charge in [0.1, 0.15) is 0 Å². The second kappa shape index (κ2) is 9.11. The van der Waals surface area contributed by atoms with E-state index in [9.17, 15) is 26.4 Å². The first-order valence-corrected chi connectivity index (χ1v) is 11.6. The fraction of sp³-hybridized carbons (Fsp3) is 0.632. The van der Waals surface area contributed by atoms with Gasteiger partial charge in [0.25, 0.3) is 0 Å². The lowest BCUT2D eigenvalue weighted by molar-refractivity contribution is -0.137. The van der Waals surface area contributed by atoms with Crippen LogP contribution in [0.5, 0.6) is 0 Å². The zero-order valence-corrected chi connectivity index (χ0v) is 17.6. The number of rotatable bonds is 5. The Kier molecular flexibility index (Phi) is 6.93. The van der Waals surface area contributed by atoms with Gasteiger partial charge in [-0.25, -0.2) is 12.7 Å². The molecule has 2 aliphatic rings. The maximum atomic E-state index is 13.2. The molecule has 0 spiro atoms. The van der Waals surface area contributed by atoms with E-state index in [2.05, 4.69) is 5.32 Å². The summed E-state index contributed by atoms with van der Waals surface area (Å²) < 4.78 is 70.3. The Labute approximate surface area is 174 Å². The number of anilines is 2. The SMILES string of the molecule is CCS(=O)(=O)N1CCC(C(=O)Nc2cc(C(F)(F)F)ccc2N2CCOCC2)CC1. The molecule has 0 aromatic heterocycles. The molecule has 0 unspecified atom stereocenters. The second-order valence-electron chi connectivity index (χ2n) is 7.39. The number of piperidine rings is 1. The van der Waals surface area contributed by atoms with Crippen LogP contribution in [-0.4, -0.2) is 63.8 Å². The first kappa shape index (κ1) is 22.8. The lowest BCUT2D eigenvalue weighted by Gasteiger charge is -2.32. The molecule has 2 saturated heterocycles. The summed E-state index contributed by atoms with van der Waals surface area (Å²) in [7, 11) is -3.31. The molecule has 168 valence electrons. The highest BCUT2D eigenvalue weighted by Crippen LogP contribution is 2.36. The minimum atomic E-state index is -4.52. The standard InChI is InChI=1S/C19H26F3N3O4S/c1-2-30(27,28)25-7-5-14(6-8-25)18(26)23-16-13-15(19(20,21)22)3-4-17(16)24-9-11-29-12-10-24/h3-4,13-14H,2,5-12H2,1H3,(H,23,26). The summed E-state index contributed by atoms with van der Waals surface area (Å²) in [5.41, 5.74) is -0.204. The Bertz CT molecular complexity index is 862. The number of hydrogen-bond donors (Lipinski definition) is 1. The van der Waals surface area contributed by atoms with Crippen molar-refractivity contribution >= 4 is 27.3 Å². The highest BCUT2D eigenvalue weighted by molar-refractivity contribution is 7.89. The lowest BCUT2D eigenvalue weighted by atomic mass is 9.97. The molecule has 0 aliphatic carbocycles. The van der Waals surface area contributed by atoms with Gasteiger partial charge in [0, 0.05) is 32.1 Å². The topological polar surface area (TPSA) is 79.0 Å². The van der Waals surface area contributed by atoms with Crippen LogP contribution in [0.2, 0.25) is 0 Å². The van der Waals surface area contributed by atoms with Crippen LogP contribution in [0.15, 0.2) is 18.2 Å². The molecule has 0 radical (unpaired) electrons. The van der Waals surface area contributed by atoms with Gasteiger partial charge in [-0.3, -0.25) is 4.79 Å². The number of hydrogen-bond acceptors (Lipinski definition) is 5. The number of nitrogens with one attached hydrogen (secondary N) is 1. The summed E-state index contributed by atoms with van der Waals surface area (Å²) in [6.07, 6.45) is -3.86. The molecule has 1 amide bonds. The van der Waals surface area contributed by atoms with Crippen molar-refractivity contribution < 1.29 is 31.1 Å². The van der Waals surface area contributed by atoms with Gasteiger partial charge >= 0.3 is 6.18 Å². The molecule has 30 heavy (non-hydrogen) atoms. The molecule has 1 N–H and O–H groups in total. The molecule has 1 aromatic carbocycles. The third-order valence-electron chi connectivity index (χ3n) is 5.52. The van der Waals surface area contributed by atoms with E-state index >= 15 is 0 Å². The summed E-state index contributed by atoms with van der Waals surface area (Å²) >= 11 is 0. The van der Waals surface area contributed by atoms with Crippen LogP contribution < -0.4 is 10.2 Å². The molecule has 7 nitrogen and oxygen atoms in total. The van der Waals surface area contributed by atoms with E-state index in [1.165, 1.54) is 10.4 Å². The van der Waals surface area contributed by atoms with Gasteiger partial charge in [0.2, 0.25) is 15.9 Å². The monoisotopic (exact) mass is 449 g/mol. The molecule has 0 saturated carbocycles. The Morgan fingerprint density at radius 1 is 1.17 bits per heavy atom. The number of ether oxygens (including phenoxy) is 1. The smallest absolute Gasteiger partial charge is 0.378 e. The highest BCUT2D eigenvalue weighted by atomic mass is 32.2. The van der Waals surface area contributed by atoms with E-state index in [1.54, 1.807) is 6.92 Å². The Morgan fingerprint density at radius 2 is 1.80 bits per heavy atom. The van der Waals surface area contributed by atoms with Crippen molar-refractivity contribution in [3.8, 4) is 0 Å². The summed E-state index contributed by atoms with van der Waals surface area (Å²) in [6.45, 7) is 3.97. The van der Waals surface area contributed by atoms with Crippen molar-refractivity contribution in [2.24, 2.45) is 5.92 Å². The highest BCUT2D eigenvalue weighted by Gasteiger charge is 2.33.